The molecule has 0 spiro atoms. The molecular formula is C15H21N3. The third kappa shape index (κ3) is 3.70. The Balaban J connectivity index is 1.73. The van der Waals surface area contributed by atoms with Crippen molar-refractivity contribution < 1.29 is 0 Å². The van der Waals surface area contributed by atoms with E-state index in [1.54, 1.807) is 0 Å². The molecule has 0 atom stereocenters. The van der Waals surface area contributed by atoms with Crippen LogP contribution in [-0.2, 0) is 19.5 Å². The Morgan fingerprint density at radius 1 is 1.22 bits per heavy atom. The smallest absolute Gasteiger partial charge is 0.0416 e. The zero-order chi connectivity index (χ0) is 12.6. The second kappa shape index (κ2) is 6.97. The summed E-state index contributed by atoms with van der Waals surface area (Å²) in [6.45, 7) is 5.21. The molecule has 0 aliphatic heterocycles. The van der Waals surface area contributed by atoms with Gasteiger partial charge in [-0.05, 0) is 30.7 Å². The van der Waals surface area contributed by atoms with Crippen molar-refractivity contribution >= 4 is 0 Å². The molecule has 3 nitrogen and oxygen atoms in total. The number of hydrogen-bond donors (Lipinski definition) is 1. The summed E-state index contributed by atoms with van der Waals surface area (Å²) in [6.07, 6.45) is 6.16. The number of rotatable bonds is 7. The third-order valence-electron chi connectivity index (χ3n) is 2.98. The van der Waals surface area contributed by atoms with Crippen LogP contribution in [0.5, 0.6) is 0 Å². The molecule has 0 aliphatic rings. The van der Waals surface area contributed by atoms with Crippen LogP contribution in [0.1, 0.15) is 24.7 Å². The second-order valence-corrected chi connectivity index (χ2v) is 4.44. The van der Waals surface area contributed by atoms with Crippen LogP contribution in [0, 0.1) is 0 Å². The van der Waals surface area contributed by atoms with Crippen molar-refractivity contribution in [3.05, 3.63) is 54.1 Å². The minimum Gasteiger partial charge on any atom is -0.350 e. The Kier molecular flexibility index (Phi) is 4.97. The molecule has 96 valence electrons. The first-order valence-electron chi connectivity index (χ1n) is 6.65. The lowest BCUT2D eigenvalue weighted by Gasteiger charge is -2.09. The van der Waals surface area contributed by atoms with E-state index in [9.17, 15) is 0 Å². The number of nitrogens with zero attached hydrogens (tertiary/aromatic N) is 2. The van der Waals surface area contributed by atoms with E-state index in [1.807, 2.05) is 18.3 Å². The summed E-state index contributed by atoms with van der Waals surface area (Å²) in [6, 6.07) is 10.4. The number of hydrogen-bond acceptors (Lipinski definition) is 2. The first-order valence-corrected chi connectivity index (χ1v) is 6.65. The minimum absolute atomic E-state index is 0.930. The molecule has 0 aliphatic carbocycles. The Bertz CT molecular complexity index is 448. The molecule has 2 aromatic rings. The average molecular weight is 243 g/mol. The van der Waals surface area contributed by atoms with Crippen LogP contribution >= 0.6 is 0 Å². The normalized spacial score (nSPS) is 10.7. The van der Waals surface area contributed by atoms with Gasteiger partial charge < -0.3 is 9.88 Å². The van der Waals surface area contributed by atoms with Gasteiger partial charge in [0, 0.05) is 49.8 Å². The fraction of sp³-hybridized carbons (Fsp3) is 0.400. The summed E-state index contributed by atoms with van der Waals surface area (Å²) in [5.41, 5.74) is 2.51. The molecule has 0 amide bonds. The Morgan fingerprint density at radius 3 is 2.94 bits per heavy atom. The van der Waals surface area contributed by atoms with Gasteiger partial charge in [-0.3, -0.25) is 4.98 Å². The lowest BCUT2D eigenvalue weighted by molar-refractivity contribution is 0.601. The van der Waals surface area contributed by atoms with Crippen LogP contribution in [-0.4, -0.2) is 16.1 Å². The summed E-state index contributed by atoms with van der Waals surface area (Å²) < 4.78 is 2.31. The van der Waals surface area contributed by atoms with Crippen LogP contribution in [0.4, 0.5) is 0 Å². The SMILES string of the molecule is CCCn1cccc1CNCCc1ccccn1. The molecule has 0 fully saturated rings. The van der Waals surface area contributed by atoms with Crippen LogP contribution < -0.4 is 5.32 Å². The van der Waals surface area contributed by atoms with Crippen molar-refractivity contribution in [2.45, 2.75) is 32.9 Å². The molecule has 0 aromatic carbocycles. The molecule has 2 heterocycles. The van der Waals surface area contributed by atoms with Crippen molar-refractivity contribution in [3.63, 3.8) is 0 Å². The maximum atomic E-state index is 4.32. The van der Waals surface area contributed by atoms with Crippen molar-refractivity contribution in [1.29, 1.82) is 0 Å². The topological polar surface area (TPSA) is 29.9 Å². The van der Waals surface area contributed by atoms with Gasteiger partial charge in [0.15, 0.2) is 0 Å². The predicted molar refractivity (Wildman–Crippen MR) is 74.4 cm³/mol. The maximum absolute atomic E-state index is 4.32. The highest BCUT2D eigenvalue weighted by molar-refractivity contribution is 5.07. The van der Waals surface area contributed by atoms with E-state index in [0.29, 0.717) is 0 Å². The largest absolute Gasteiger partial charge is 0.350 e. The van der Waals surface area contributed by atoms with Gasteiger partial charge in [0.25, 0.3) is 0 Å². The second-order valence-electron chi connectivity index (χ2n) is 4.44. The molecule has 3 heteroatoms. The van der Waals surface area contributed by atoms with Gasteiger partial charge in [0.05, 0.1) is 0 Å². The summed E-state index contributed by atoms with van der Waals surface area (Å²) in [5.74, 6) is 0. The molecule has 0 radical (unpaired) electrons. The molecule has 2 aromatic heterocycles. The number of pyridine rings is 1. The predicted octanol–water partition coefficient (Wildman–Crippen LogP) is 2.63. The number of aromatic nitrogens is 2. The molecule has 0 saturated carbocycles. The lowest BCUT2D eigenvalue weighted by atomic mass is 10.2. The van der Waals surface area contributed by atoms with Crippen LogP contribution in [0.15, 0.2) is 42.7 Å². The van der Waals surface area contributed by atoms with Crippen LogP contribution in [0.25, 0.3) is 0 Å². The summed E-state index contributed by atoms with van der Waals surface area (Å²) >= 11 is 0. The highest BCUT2D eigenvalue weighted by atomic mass is 15.0. The molecule has 1 N–H and O–H groups in total. The lowest BCUT2D eigenvalue weighted by Crippen LogP contribution is -2.19. The van der Waals surface area contributed by atoms with Gasteiger partial charge in [0.2, 0.25) is 0 Å². The van der Waals surface area contributed by atoms with E-state index in [-0.39, 0.29) is 0 Å². The first-order chi connectivity index (χ1) is 8.90. The number of aryl methyl sites for hydroxylation is 1. The molecule has 18 heavy (non-hydrogen) atoms. The van der Waals surface area contributed by atoms with Gasteiger partial charge in [-0.1, -0.05) is 13.0 Å². The molecular weight excluding hydrogens is 222 g/mol. The van der Waals surface area contributed by atoms with E-state index >= 15 is 0 Å². The van der Waals surface area contributed by atoms with E-state index < -0.39 is 0 Å². The van der Waals surface area contributed by atoms with E-state index in [0.717, 1.165) is 31.7 Å². The van der Waals surface area contributed by atoms with E-state index in [1.165, 1.54) is 12.1 Å². The molecule has 0 bridgehead atoms. The fourth-order valence-electron chi connectivity index (χ4n) is 2.05. The van der Waals surface area contributed by atoms with Crippen LogP contribution in [0.3, 0.4) is 0 Å². The fourth-order valence-corrected chi connectivity index (χ4v) is 2.05. The standard InChI is InChI=1S/C15H21N3/c1-2-11-18-12-5-7-15(18)13-16-10-8-14-6-3-4-9-17-14/h3-7,9,12,16H,2,8,10-11,13H2,1H3. The highest BCUT2D eigenvalue weighted by Gasteiger charge is 1.99. The minimum atomic E-state index is 0.930. The molecule has 0 unspecified atom stereocenters. The van der Waals surface area contributed by atoms with Gasteiger partial charge in [-0.2, -0.15) is 0 Å². The summed E-state index contributed by atoms with van der Waals surface area (Å²) in [4.78, 5) is 4.32. The van der Waals surface area contributed by atoms with Gasteiger partial charge in [-0.15, -0.1) is 0 Å². The Morgan fingerprint density at radius 2 is 2.17 bits per heavy atom. The average Bonchev–Trinajstić information content (AvgIpc) is 2.84. The first kappa shape index (κ1) is 12.8. The highest BCUT2D eigenvalue weighted by Crippen LogP contribution is 2.03. The quantitative estimate of drug-likeness (QED) is 0.758. The Hall–Kier alpha value is -1.61. The van der Waals surface area contributed by atoms with Gasteiger partial charge in [-0.25, -0.2) is 0 Å². The summed E-state index contributed by atoms with van der Waals surface area (Å²) in [7, 11) is 0. The van der Waals surface area contributed by atoms with E-state index in [2.05, 4.69) is 46.2 Å². The zero-order valence-corrected chi connectivity index (χ0v) is 11.0. The summed E-state index contributed by atoms with van der Waals surface area (Å²) in [5, 5.41) is 3.47. The maximum Gasteiger partial charge on any atom is 0.0416 e. The van der Waals surface area contributed by atoms with E-state index in [4.69, 9.17) is 0 Å². The van der Waals surface area contributed by atoms with Crippen LogP contribution in [0.2, 0.25) is 0 Å². The number of nitrogens with one attached hydrogen (secondary N) is 1. The van der Waals surface area contributed by atoms with Crippen molar-refractivity contribution in [3.8, 4) is 0 Å². The van der Waals surface area contributed by atoms with Crippen molar-refractivity contribution in [2.75, 3.05) is 6.54 Å². The zero-order valence-electron chi connectivity index (χ0n) is 11.0. The van der Waals surface area contributed by atoms with Gasteiger partial charge in [0.1, 0.15) is 0 Å². The van der Waals surface area contributed by atoms with Gasteiger partial charge >= 0.3 is 0 Å². The van der Waals surface area contributed by atoms with Crippen molar-refractivity contribution in [2.24, 2.45) is 0 Å². The molecule has 0 saturated heterocycles. The Labute approximate surface area is 109 Å². The monoisotopic (exact) mass is 243 g/mol. The molecule has 2 rings (SSSR count). The van der Waals surface area contributed by atoms with Crippen molar-refractivity contribution in [1.82, 2.24) is 14.9 Å². The third-order valence-corrected chi connectivity index (χ3v) is 2.98.